The number of ether oxygens (including phenoxy) is 1. The number of anilines is 2. The van der Waals surface area contributed by atoms with Gasteiger partial charge in [-0.1, -0.05) is 0 Å². The van der Waals surface area contributed by atoms with Crippen molar-refractivity contribution in [2.75, 3.05) is 5.32 Å². The van der Waals surface area contributed by atoms with Crippen LogP contribution in [0.15, 0.2) is 84.5 Å². The van der Waals surface area contributed by atoms with Gasteiger partial charge in [0.05, 0.1) is 5.52 Å². The molecule has 0 bridgehead atoms. The fourth-order valence-electron chi connectivity index (χ4n) is 3.54. The molecule has 0 amide bonds. The number of nitrogens with one attached hydrogen (secondary N) is 1. The fraction of sp³-hybridized carbons (Fsp3) is 0.0800. The first-order chi connectivity index (χ1) is 16.6. The standard InChI is InChI=1S/C25H22N8O/c1-17-12-18(6-9-22(17)34-24(26-2)14-23-31-29-16-32(23)3)30-25-20-13-19(33-10-4-5-11-33)7-8-21(20)27-15-28-25/h4-16H,2H2,1,3H3,(H,27,28,30)/b24-14+. The molecule has 0 unspecified atom stereocenters. The lowest BCUT2D eigenvalue weighted by molar-refractivity contribution is 0.423. The summed E-state index contributed by atoms with van der Waals surface area (Å²) in [7, 11) is 1.84. The van der Waals surface area contributed by atoms with E-state index < -0.39 is 0 Å². The minimum atomic E-state index is 0.333. The lowest BCUT2D eigenvalue weighted by atomic mass is 10.1. The fourth-order valence-corrected chi connectivity index (χ4v) is 3.54. The summed E-state index contributed by atoms with van der Waals surface area (Å²) in [6, 6.07) is 15.9. The highest BCUT2D eigenvalue weighted by molar-refractivity contribution is 5.92. The van der Waals surface area contributed by atoms with Crippen molar-refractivity contribution in [1.29, 1.82) is 0 Å². The third kappa shape index (κ3) is 4.26. The van der Waals surface area contributed by atoms with E-state index in [2.05, 4.69) is 43.3 Å². The summed E-state index contributed by atoms with van der Waals surface area (Å²) in [5, 5.41) is 12.2. The first kappa shape index (κ1) is 21.1. The van der Waals surface area contributed by atoms with Gasteiger partial charge in [0.1, 0.15) is 24.2 Å². The Labute approximate surface area is 196 Å². The van der Waals surface area contributed by atoms with Crippen molar-refractivity contribution in [3.63, 3.8) is 0 Å². The number of nitrogens with zero attached hydrogens (tertiary/aromatic N) is 7. The Balaban J connectivity index is 1.41. The van der Waals surface area contributed by atoms with Crippen molar-refractivity contribution in [2.45, 2.75) is 6.92 Å². The summed E-state index contributed by atoms with van der Waals surface area (Å²) in [6.07, 6.45) is 8.86. The maximum atomic E-state index is 5.95. The van der Waals surface area contributed by atoms with Gasteiger partial charge in [-0.25, -0.2) is 15.0 Å². The van der Waals surface area contributed by atoms with Crippen LogP contribution in [-0.4, -0.2) is 36.0 Å². The molecule has 0 atom stereocenters. The molecule has 0 saturated heterocycles. The van der Waals surface area contributed by atoms with Crippen molar-refractivity contribution in [2.24, 2.45) is 12.0 Å². The highest BCUT2D eigenvalue weighted by Gasteiger charge is 2.09. The SMILES string of the molecule is C=N/C(=C\c1nncn1C)Oc1ccc(Nc2ncnc3ccc(-n4cccc4)cc23)cc1C. The summed E-state index contributed by atoms with van der Waals surface area (Å²) in [5.41, 5.74) is 3.70. The van der Waals surface area contributed by atoms with E-state index in [1.807, 2.05) is 73.4 Å². The molecule has 0 radical (unpaired) electrons. The Hall–Kier alpha value is -4.79. The van der Waals surface area contributed by atoms with E-state index in [9.17, 15) is 0 Å². The number of aromatic nitrogens is 6. The predicted octanol–water partition coefficient (Wildman–Crippen LogP) is 4.68. The average molecular weight is 451 g/mol. The maximum Gasteiger partial charge on any atom is 0.222 e. The summed E-state index contributed by atoms with van der Waals surface area (Å²) >= 11 is 0. The average Bonchev–Trinajstić information content (AvgIpc) is 3.52. The third-order valence-corrected chi connectivity index (χ3v) is 5.33. The largest absolute Gasteiger partial charge is 0.439 e. The topological polar surface area (TPSA) is 95.0 Å². The van der Waals surface area contributed by atoms with E-state index in [4.69, 9.17) is 4.74 Å². The molecule has 3 heterocycles. The molecule has 34 heavy (non-hydrogen) atoms. The lowest BCUT2D eigenvalue weighted by Crippen LogP contribution is -2.00. The first-order valence-electron chi connectivity index (χ1n) is 10.6. The van der Waals surface area contributed by atoms with Gasteiger partial charge in [-0.15, -0.1) is 10.2 Å². The van der Waals surface area contributed by atoms with Crippen LogP contribution in [0.2, 0.25) is 0 Å². The minimum absolute atomic E-state index is 0.333. The zero-order valence-corrected chi connectivity index (χ0v) is 18.8. The third-order valence-electron chi connectivity index (χ3n) is 5.33. The van der Waals surface area contributed by atoms with Crippen LogP contribution in [0.3, 0.4) is 0 Å². The number of hydrogen-bond donors (Lipinski definition) is 1. The Kier molecular flexibility index (Phi) is 5.57. The van der Waals surface area contributed by atoms with Gasteiger partial charge < -0.3 is 19.2 Å². The molecule has 0 fully saturated rings. The van der Waals surface area contributed by atoms with E-state index in [-0.39, 0.29) is 0 Å². The lowest BCUT2D eigenvalue weighted by Gasteiger charge is -2.13. The normalized spacial score (nSPS) is 11.5. The summed E-state index contributed by atoms with van der Waals surface area (Å²) in [6.45, 7) is 5.56. The highest BCUT2D eigenvalue weighted by atomic mass is 16.5. The van der Waals surface area contributed by atoms with Crippen molar-refractivity contribution in [3.8, 4) is 11.4 Å². The van der Waals surface area contributed by atoms with Crippen LogP contribution in [0, 0.1) is 6.92 Å². The van der Waals surface area contributed by atoms with Crippen LogP contribution < -0.4 is 10.1 Å². The van der Waals surface area contributed by atoms with Crippen LogP contribution in [0.1, 0.15) is 11.4 Å². The summed E-state index contributed by atoms with van der Waals surface area (Å²) < 4.78 is 9.76. The van der Waals surface area contributed by atoms with Gasteiger partial charge in [0.15, 0.2) is 5.82 Å². The van der Waals surface area contributed by atoms with Gasteiger partial charge in [-0.3, -0.25) is 0 Å². The van der Waals surface area contributed by atoms with E-state index in [0.29, 0.717) is 17.5 Å². The minimum Gasteiger partial charge on any atom is -0.439 e. The molecule has 0 saturated carbocycles. The van der Waals surface area contributed by atoms with E-state index in [1.165, 1.54) is 0 Å². The molecule has 2 aromatic carbocycles. The number of fused-ring (bicyclic) bond motifs is 1. The zero-order chi connectivity index (χ0) is 23.5. The Morgan fingerprint density at radius 2 is 1.97 bits per heavy atom. The number of benzene rings is 2. The smallest absolute Gasteiger partial charge is 0.222 e. The van der Waals surface area contributed by atoms with Crippen LogP contribution in [0.4, 0.5) is 11.5 Å². The number of aryl methyl sites for hydroxylation is 2. The predicted molar refractivity (Wildman–Crippen MR) is 132 cm³/mol. The number of aliphatic imine (C=N–C) groups is 1. The molecule has 3 aromatic heterocycles. The van der Waals surface area contributed by atoms with Crippen molar-refractivity contribution in [3.05, 3.63) is 90.9 Å². The van der Waals surface area contributed by atoms with Gasteiger partial charge >= 0.3 is 0 Å². The molecule has 168 valence electrons. The molecule has 0 spiro atoms. The molecule has 0 aliphatic carbocycles. The van der Waals surface area contributed by atoms with Crippen molar-refractivity contribution < 1.29 is 4.74 Å². The summed E-state index contributed by atoms with van der Waals surface area (Å²) in [4.78, 5) is 12.8. The van der Waals surface area contributed by atoms with Gasteiger partial charge in [0.25, 0.3) is 0 Å². The Morgan fingerprint density at radius 3 is 2.71 bits per heavy atom. The molecule has 0 aliphatic heterocycles. The second kappa shape index (κ2) is 8.99. The van der Waals surface area contributed by atoms with Crippen LogP contribution >= 0.6 is 0 Å². The molecule has 0 aliphatic rings. The van der Waals surface area contributed by atoms with E-state index in [1.54, 1.807) is 23.3 Å². The molecule has 9 heteroatoms. The molecular weight excluding hydrogens is 428 g/mol. The summed E-state index contributed by atoms with van der Waals surface area (Å²) in [5.74, 6) is 2.34. The zero-order valence-electron chi connectivity index (χ0n) is 18.8. The van der Waals surface area contributed by atoms with E-state index in [0.717, 1.165) is 33.7 Å². The first-order valence-corrected chi connectivity index (χ1v) is 10.6. The Morgan fingerprint density at radius 1 is 1.12 bits per heavy atom. The quantitative estimate of drug-likeness (QED) is 0.286. The van der Waals surface area contributed by atoms with Crippen LogP contribution in [0.5, 0.6) is 5.75 Å². The number of hydrogen-bond acceptors (Lipinski definition) is 7. The van der Waals surface area contributed by atoms with Crippen molar-refractivity contribution in [1.82, 2.24) is 29.3 Å². The van der Waals surface area contributed by atoms with Gasteiger partial charge in [-0.05, 0) is 67.7 Å². The van der Waals surface area contributed by atoms with Crippen LogP contribution in [0.25, 0.3) is 22.7 Å². The van der Waals surface area contributed by atoms with Crippen LogP contribution in [-0.2, 0) is 7.05 Å². The Bertz CT molecular complexity index is 1500. The molecule has 9 nitrogen and oxygen atoms in total. The second-order valence-electron chi connectivity index (χ2n) is 7.66. The molecule has 5 rings (SSSR count). The maximum absolute atomic E-state index is 5.95. The van der Waals surface area contributed by atoms with Gasteiger partial charge in [0.2, 0.25) is 5.88 Å². The number of rotatable bonds is 7. The van der Waals surface area contributed by atoms with Gasteiger partial charge in [0, 0.05) is 42.3 Å². The van der Waals surface area contributed by atoms with Gasteiger partial charge in [-0.2, -0.15) is 0 Å². The molecule has 1 N–H and O–H groups in total. The van der Waals surface area contributed by atoms with Crippen molar-refractivity contribution >= 4 is 35.2 Å². The monoisotopic (exact) mass is 450 g/mol. The highest BCUT2D eigenvalue weighted by Crippen LogP contribution is 2.29. The molecule has 5 aromatic rings. The second-order valence-corrected chi connectivity index (χ2v) is 7.66. The van der Waals surface area contributed by atoms with E-state index >= 15 is 0 Å². The molecular formula is C25H22N8O.